The van der Waals surface area contributed by atoms with Gasteiger partial charge < -0.3 is 0 Å². The van der Waals surface area contributed by atoms with Crippen LogP contribution in [0.5, 0.6) is 0 Å². The summed E-state index contributed by atoms with van der Waals surface area (Å²) in [6, 6.07) is 0. The predicted octanol–water partition coefficient (Wildman–Crippen LogP) is 2.57. The minimum atomic E-state index is 0.0619. The Bertz CT molecular complexity index is 317. The molecule has 0 aromatic heterocycles. The van der Waals surface area contributed by atoms with Crippen molar-refractivity contribution in [3.05, 3.63) is 12.2 Å². The fraction of sp³-hybridized carbons (Fsp3) is 0.750. The lowest BCUT2D eigenvalue weighted by Crippen LogP contribution is -2.56. The number of allylic oxidation sites excluding steroid dienone is 2. The Morgan fingerprint density at radius 1 is 1.31 bits per heavy atom. The second kappa shape index (κ2) is 1.92. The van der Waals surface area contributed by atoms with Crippen molar-refractivity contribution in [3.63, 3.8) is 0 Å². The van der Waals surface area contributed by atoms with E-state index in [9.17, 15) is 4.79 Å². The van der Waals surface area contributed by atoms with Gasteiger partial charge in [0, 0.05) is 5.41 Å². The maximum Gasteiger partial charge on any atom is 0.137 e. The van der Waals surface area contributed by atoms with Gasteiger partial charge in [-0.1, -0.05) is 19.1 Å². The monoisotopic (exact) mass is 176 g/mol. The Morgan fingerprint density at radius 2 is 2.00 bits per heavy atom. The number of rotatable bonds is 1. The van der Waals surface area contributed by atoms with Crippen molar-refractivity contribution >= 4 is 5.78 Å². The molecule has 0 aliphatic heterocycles. The van der Waals surface area contributed by atoms with E-state index in [4.69, 9.17) is 0 Å². The molecule has 1 nitrogen and oxygen atoms in total. The van der Waals surface area contributed by atoms with E-state index in [0.717, 1.165) is 6.42 Å². The summed E-state index contributed by atoms with van der Waals surface area (Å²) in [4.78, 5) is 11.8. The van der Waals surface area contributed by atoms with Crippen molar-refractivity contribution in [2.24, 2.45) is 22.7 Å². The van der Waals surface area contributed by atoms with Crippen LogP contribution in [0.3, 0.4) is 0 Å². The van der Waals surface area contributed by atoms with Gasteiger partial charge in [0.05, 0.1) is 0 Å². The third kappa shape index (κ3) is 0.562. The summed E-state index contributed by atoms with van der Waals surface area (Å²) in [6.45, 7) is 4.12. The minimum absolute atomic E-state index is 0.0619. The van der Waals surface area contributed by atoms with Crippen molar-refractivity contribution in [1.29, 1.82) is 0 Å². The third-order valence-electron chi connectivity index (χ3n) is 5.22. The average molecular weight is 176 g/mol. The molecule has 4 unspecified atom stereocenters. The summed E-state index contributed by atoms with van der Waals surface area (Å²) >= 11 is 0. The molecule has 2 bridgehead atoms. The van der Waals surface area contributed by atoms with Crippen LogP contribution in [0.15, 0.2) is 12.2 Å². The van der Waals surface area contributed by atoms with Gasteiger partial charge in [-0.3, -0.25) is 4.79 Å². The molecule has 1 heteroatoms. The van der Waals surface area contributed by atoms with Gasteiger partial charge in [0.2, 0.25) is 0 Å². The molecule has 0 amide bonds. The van der Waals surface area contributed by atoms with Crippen molar-refractivity contribution in [1.82, 2.24) is 0 Å². The van der Waals surface area contributed by atoms with E-state index < -0.39 is 0 Å². The number of Topliss-reactive ketones (excluding diaryl/α,β-unsaturated/α-hetero) is 1. The minimum Gasteiger partial charge on any atom is -0.299 e. The lowest BCUT2D eigenvalue weighted by Gasteiger charge is -2.57. The molecule has 2 saturated carbocycles. The number of carbonyl (C=O) groups is 1. The van der Waals surface area contributed by atoms with Gasteiger partial charge in [0.25, 0.3) is 0 Å². The van der Waals surface area contributed by atoms with Gasteiger partial charge in [-0.05, 0) is 43.4 Å². The fourth-order valence-electron chi connectivity index (χ4n) is 4.29. The maximum absolute atomic E-state index is 11.8. The van der Waals surface area contributed by atoms with E-state index >= 15 is 0 Å². The predicted molar refractivity (Wildman–Crippen MR) is 51.2 cm³/mol. The lowest BCUT2D eigenvalue weighted by molar-refractivity contribution is -0.151. The summed E-state index contributed by atoms with van der Waals surface area (Å²) in [5.41, 5.74) is 0.394. The van der Waals surface area contributed by atoms with Crippen molar-refractivity contribution in [3.8, 4) is 0 Å². The van der Waals surface area contributed by atoms with Crippen LogP contribution < -0.4 is 0 Å². The first-order chi connectivity index (χ1) is 6.11. The molecule has 70 valence electrons. The van der Waals surface area contributed by atoms with Gasteiger partial charge >= 0.3 is 0 Å². The highest BCUT2D eigenvalue weighted by molar-refractivity contribution is 5.86. The zero-order valence-corrected chi connectivity index (χ0v) is 8.34. The molecule has 0 N–H and O–H groups in total. The molecular weight excluding hydrogens is 160 g/mol. The Kier molecular flexibility index (Phi) is 1.15. The van der Waals surface area contributed by atoms with E-state index in [0.29, 0.717) is 23.0 Å². The highest BCUT2D eigenvalue weighted by Crippen LogP contribution is 2.74. The summed E-state index contributed by atoms with van der Waals surface area (Å²) in [5.74, 6) is 1.72. The van der Waals surface area contributed by atoms with Gasteiger partial charge in [-0.15, -0.1) is 0 Å². The SMILES string of the molecule is CC(=O)C12CCC1(C)C1C=CC2C1. The topological polar surface area (TPSA) is 17.1 Å². The van der Waals surface area contributed by atoms with Crippen LogP contribution in [0.25, 0.3) is 0 Å². The van der Waals surface area contributed by atoms with Crippen LogP contribution in [-0.4, -0.2) is 5.78 Å². The number of ketones is 1. The number of carbonyl (C=O) groups excluding carboxylic acids is 1. The fourth-order valence-corrected chi connectivity index (χ4v) is 4.29. The standard InChI is InChI=1S/C12H16O/c1-8(13)12-6-5-11(12,2)9-3-4-10(12)7-9/h3-4,9-10H,5-7H2,1-2H3. The van der Waals surface area contributed by atoms with Crippen LogP contribution >= 0.6 is 0 Å². The molecule has 3 rings (SSSR count). The summed E-state index contributed by atoms with van der Waals surface area (Å²) in [6.07, 6.45) is 8.30. The molecule has 2 fully saturated rings. The van der Waals surface area contributed by atoms with E-state index in [1.807, 2.05) is 0 Å². The maximum atomic E-state index is 11.8. The highest BCUT2D eigenvalue weighted by Gasteiger charge is 2.70. The summed E-state index contributed by atoms with van der Waals surface area (Å²) in [5, 5.41) is 0. The van der Waals surface area contributed by atoms with Crippen LogP contribution in [0.2, 0.25) is 0 Å². The van der Waals surface area contributed by atoms with Crippen molar-refractivity contribution in [2.75, 3.05) is 0 Å². The molecule has 3 aliphatic carbocycles. The number of hydrogen-bond donors (Lipinski definition) is 0. The first kappa shape index (κ1) is 7.78. The summed E-state index contributed by atoms with van der Waals surface area (Å²) < 4.78 is 0. The average Bonchev–Trinajstić information content (AvgIpc) is 2.54. The Morgan fingerprint density at radius 3 is 2.38 bits per heavy atom. The van der Waals surface area contributed by atoms with Gasteiger partial charge in [-0.25, -0.2) is 0 Å². The van der Waals surface area contributed by atoms with E-state index in [1.54, 1.807) is 6.92 Å². The van der Waals surface area contributed by atoms with Gasteiger partial charge in [0.1, 0.15) is 5.78 Å². The first-order valence-corrected chi connectivity index (χ1v) is 5.31. The lowest BCUT2D eigenvalue weighted by atomic mass is 9.45. The molecule has 0 aromatic rings. The van der Waals surface area contributed by atoms with Gasteiger partial charge in [-0.2, -0.15) is 0 Å². The zero-order chi connectivity index (χ0) is 9.27. The smallest absolute Gasteiger partial charge is 0.137 e. The Balaban J connectivity index is 2.15. The van der Waals surface area contributed by atoms with Gasteiger partial charge in [0.15, 0.2) is 0 Å². The molecule has 0 heterocycles. The molecule has 13 heavy (non-hydrogen) atoms. The molecule has 0 spiro atoms. The highest BCUT2D eigenvalue weighted by atomic mass is 16.1. The molecule has 0 radical (unpaired) electrons. The zero-order valence-electron chi connectivity index (χ0n) is 8.34. The number of fused-ring (bicyclic) bond motifs is 5. The first-order valence-electron chi connectivity index (χ1n) is 5.31. The van der Waals surface area contributed by atoms with Crippen LogP contribution in [0.4, 0.5) is 0 Å². The van der Waals surface area contributed by atoms with E-state index in [1.165, 1.54) is 12.8 Å². The largest absolute Gasteiger partial charge is 0.299 e. The molecular formula is C12H16O. The van der Waals surface area contributed by atoms with E-state index in [2.05, 4.69) is 19.1 Å². The molecule has 4 atom stereocenters. The van der Waals surface area contributed by atoms with E-state index in [-0.39, 0.29) is 5.41 Å². The summed E-state index contributed by atoms with van der Waals surface area (Å²) in [7, 11) is 0. The third-order valence-corrected chi connectivity index (χ3v) is 5.22. The normalized spacial score (nSPS) is 56.2. The second-order valence-corrected chi connectivity index (χ2v) is 5.28. The quantitative estimate of drug-likeness (QED) is 0.561. The van der Waals surface area contributed by atoms with Crippen LogP contribution in [0.1, 0.15) is 33.1 Å². The second-order valence-electron chi connectivity index (χ2n) is 5.28. The Labute approximate surface area is 79.2 Å². The number of hydrogen-bond acceptors (Lipinski definition) is 1. The Hall–Kier alpha value is -0.590. The molecule has 0 aromatic carbocycles. The molecule has 3 aliphatic rings. The van der Waals surface area contributed by atoms with Crippen molar-refractivity contribution < 1.29 is 4.79 Å². The van der Waals surface area contributed by atoms with Crippen molar-refractivity contribution in [2.45, 2.75) is 33.1 Å². The molecule has 0 saturated heterocycles. The van der Waals surface area contributed by atoms with Crippen LogP contribution in [-0.2, 0) is 4.79 Å². The van der Waals surface area contributed by atoms with Crippen LogP contribution in [0, 0.1) is 22.7 Å².